The minimum Gasteiger partial charge on any atom is -0.393 e. The lowest BCUT2D eigenvalue weighted by Crippen LogP contribution is -2.06. The first-order valence-corrected chi connectivity index (χ1v) is 4.76. The highest BCUT2D eigenvalue weighted by molar-refractivity contribution is 4.87. The SMILES string of the molecule is CCCCCC/C=C\[C@H](O)CO. The van der Waals surface area contributed by atoms with Crippen LogP contribution in [0.2, 0.25) is 0 Å². The summed E-state index contributed by atoms with van der Waals surface area (Å²) in [7, 11) is 0. The average Bonchev–Trinajstić information content (AvgIpc) is 2.10. The molecule has 0 aliphatic rings. The molecule has 0 saturated carbocycles. The fraction of sp³-hybridized carbons (Fsp3) is 0.800. The molecule has 1 atom stereocenters. The second-order valence-corrected chi connectivity index (χ2v) is 3.03. The van der Waals surface area contributed by atoms with E-state index in [2.05, 4.69) is 6.92 Å². The largest absolute Gasteiger partial charge is 0.393 e. The molecule has 0 rings (SSSR count). The first-order chi connectivity index (χ1) is 5.81. The summed E-state index contributed by atoms with van der Waals surface area (Å²) < 4.78 is 0. The molecule has 0 fully saturated rings. The summed E-state index contributed by atoms with van der Waals surface area (Å²) in [6.45, 7) is 2.01. The fourth-order valence-electron chi connectivity index (χ4n) is 1.00. The highest BCUT2D eigenvalue weighted by Gasteiger charge is 1.92. The number of hydrogen-bond acceptors (Lipinski definition) is 2. The summed E-state index contributed by atoms with van der Waals surface area (Å²) in [6, 6.07) is 0. The van der Waals surface area contributed by atoms with Crippen LogP contribution >= 0.6 is 0 Å². The second-order valence-electron chi connectivity index (χ2n) is 3.03. The first-order valence-electron chi connectivity index (χ1n) is 4.76. The zero-order chi connectivity index (χ0) is 9.23. The molecule has 2 N–H and O–H groups in total. The average molecular weight is 172 g/mol. The molecular formula is C10H20O2. The summed E-state index contributed by atoms with van der Waals surface area (Å²) in [5, 5.41) is 17.4. The molecule has 0 heterocycles. The van der Waals surface area contributed by atoms with Gasteiger partial charge in [0.2, 0.25) is 0 Å². The van der Waals surface area contributed by atoms with Crippen LogP contribution < -0.4 is 0 Å². The van der Waals surface area contributed by atoms with E-state index >= 15 is 0 Å². The zero-order valence-electron chi connectivity index (χ0n) is 7.87. The van der Waals surface area contributed by atoms with Crippen LogP contribution in [0, 0.1) is 0 Å². The zero-order valence-corrected chi connectivity index (χ0v) is 7.87. The third-order valence-corrected chi connectivity index (χ3v) is 1.77. The van der Waals surface area contributed by atoms with Gasteiger partial charge in [-0.05, 0) is 12.8 Å². The molecule has 0 unspecified atom stereocenters. The molecule has 0 spiro atoms. The Hall–Kier alpha value is -0.340. The predicted molar refractivity (Wildman–Crippen MR) is 51.0 cm³/mol. The van der Waals surface area contributed by atoms with Crippen LogP contribution in [0.3, 0.4) is 0 Å². The normalized spacial score (nSPS) is 13.9. The number of rotatable bonds is 7. The topological polar surface area (TPSA) is 40.5 Å². The van der Waals surface area contributed by atoms with Gasteiger partial charge < -0.3 is 10.2 Å². The van der Waals surface area contributed by atoms with Gasteiger partial charge in [-0.15, -0.1) is 0 Å². The summed E-state index contributed by atoms with van der Waals surface area (Å²) in [6.07, 6.45) is 8.92. The maximum absolute atomic E-state index is 8.92. The van der Waals surface area contributed by atoms with E-state index < -0.39 is 6.10 Å². The number of unbranched alkanes of at least 4 members (excludes halogenated alkanes) is 4. The quantitative estimate of drug-likeness (QED) is 0.454. The van der Waals surface area contributed by atoms with Gasteiger partial charge in [0.25, 0.3) is 0 Å². The molecule has 0 bridgehead atoms. The van der Waals surface area contributed by atoms with E-state index in [9.17, 15) is 0 Å². The van der Waals surface area contributed by atoms with Crippen molar-refractivity contribution in [1.29, 1.82) is 0 Å². The van der Waals surface area contributed by atoms with Crippen LogP contribution in [-0.2, 0) is 0 Å². The van der Waals surface area contributed by atoms with Crippen molar-refractivity contribution in [3.8, 4) is 0 Å². The molecule has 0 amide bonds. The van der Waals surface area contributed by atoms with Crippen molar-refractivity contribution in [1.82, 2.24) is 0 Å². The van der Waals surface area contributed by atoms with E-state index in [1.165, 1.54) is 25.7 Å². The third-order valence-electron chi connectivity index (χ3n) is 1.77. The molecule has 0 aliphatic carbocycles. The molecule has 72 valence electrons. The Labute approximate surface area is 74.9 Å². The summed E-state index contributed by atoms with van der Waals surface area (Å²) in [5.41, 5.74) is 0. The van der Waals surface area contributed by atoms with Crippen LogP contribution in [0.15, 0.2) is 12.2 Å². The third kappa shape index (κ3) is 7.76. The molecule has 0 saturated heterocycles. The Morgan fingerprint density at radius 2 is 2.00 bits per heavy atom. The minimum absolute atomic E-state index is 0.175. The Balaban J connectivity index is 3.12. The van der Waals surface area contributed by atoms with Gasteiger partial charge in [0.05, 0.1) is 12.7 Å². The predicted octanol–water partition coefficient (Wildman–Crippen LogP) is 1.87. The Bertz CT molecular complexity index is 110. The van der Waals surface area contributed by atoms with Crippen molar-refractivity contribution in [2.24, 2.45) is 0 Å². The van der Waals surface area contributed by atoms with Crippen LogP contribution in [-0.4, -0.2) is 22.9 Å². The van der Waals surface area contributed by atoms with E-state index in [4.69, 9.17) is 10.2 Å². The lowest BCUT2D eigenvalue weighted by atomic mass is 10.1. The lowest BCUT2D eigenvalue weighted by molar-refractivity contribution is 0.131. The van der Waals surface area contributed by atoms with E-state index in [1.54, 1.807) is 6.08 Å². The van der Waals surface area contributed by atoms with Crippen LogP contribution in [0.25, 0.3) is 0 Å². The lowest BCUT2D eigenvalue weighted by Gasteiger charge is -1.98. The van der Waals surface area contributed by atoms with E-state index in [0.29, 0.717) is 0 Å². The Morgan fingerprint density at radius 1 is 1.25 bits per heavy atom. The smallest absolute Gasteiger partial charge is 0.0951 e. The Morgan fingerprint density at radius 3 is 2.58 bits per heavy atom. The molecule has 0 aromatic carbocycles. The van der Waals surface area contributed by atoms with Gasteiger partial charge in [0.1, 0.15) is 0 Å². The van der Waals surface area contributed by atoms with E-state index in [-0.39, 0.29) is 6.61 Å². The first kappa shape index (κ1) is 11.7. The van der Waals surface area contributed by atoms with Crippen molar-refractivity contribution in [2.75, 3.05) is 6.61 Å². The van der Waals surface area contributed by atoms with Crippen molar-refractivity contribution < 1.29 is 10.2 Å². The molecule has 0 aromatic heterocycles. The van der Waals surface area contributed by atoms with Crippen molar-refractivity contribution >= 4 is 0 Å². The van der Waals surface area contributed by atoms with Gasteiger partial charge in [-0.1, -0.05) is 38.3 Å². The van der Waals surface area contributed by atoms with Crippen molar-refractivity contribution in [3.63, 3.8) is 0 Å². The molecule has 2 heteroatoms. The molecule has 2 nitrogen and oxygen atoms in total. The number of allylic oxidation sites excluding steroid dienone is 1. The molecule has 0 radical (unpaired) electrons. The fourth-order valence-corrected chi connectivity index (χ4v) is 1.00. The van der Waals surface area contributed by atoms with Crippen molar-refractivity contribution in [2.45, 2.75) is 45.1 Å². The maximum Gasteiger partial charge on any atom is 0.0951 e. The van der Waals surface area contributed by atoms with Crippen LogP contribution in [0.5, 0.6) is 0 Å². The number of hydrogen-bond donors (Lipinski definition) is 2. The standard InChI is InChI=1S/C10H20O2/c1-2-3-4-5-6-7-8-10(12)9-11/h7-8,10-12H,2-6,9H2,1H3/b8-7-/t10-/m0/s1. The van der Waals surface area contributed by atoms with Gasteiger partial charge in [-0.3, -0.25) is 0 Å². The minimum atomic E-state index is -0.670. The number of aliphatic hydroxyl groups excluding tert-OH is 2. The van der Waals surface area contributed by atoms with Gasteiger partial charge in [-0.2, -0.15) is 0 Å². The van der Waals surface area contributed by atoms with Crippen LogP contribution in [0.1, 0.15) is 39.0 Å². The second kappa shape index (κ2) is 8.75. The number of aliphatic hydroxyl groups is 2. The molecule has 12 heavy (non-hydrogen) atoms. The summed E-state index contributed by atoms with van der Waals surface area (Å²) in [5.74, 6) is 0. The van der Waals surface area contributed by atoms with Gasteiger partial charge in [0.15, 0.2) is 0 Å². The maximum atomic E-state index is 8.92. The van der Waals surface area contributed by atoms with Crippen LogP contribution in [0.4, 0.5) is 0 Å². The molecular weight excluding hydrogens is 152 g/mol. The van der Waals surface area contributed by atoms with E-state index in [0.717, 1.165) is 6.42 Å². The monoisotopic (exact) mass is 172 g/mol. The molecule has 0 aromatic rings. The summed E-state index contributed by atoms with van der Waals surface area (Å²) in [4.78, 5) is 0. The van der Waals surface area contributed by atoms with Gasteiger partial charge in [-0.25, -0.2) is 0 Å². The highest BCUT2D eigenvalue weighted by atomic mass is 16.3. The van der Waals surface area contributed by atoms with Crippen molar-refractivity contribution in [3.05, 3.63) is 12.2 Å². The molecule has 0 aliphatic heterocycles. The Kier molecular flexibility index (Phi) is 8.51. The van der Waals surface area contributed by atoms with Gasteiger partial charge >= 0.3 is 0 Å². The van der Waals surface area contributed by atoms with Gasteiger partial charge in [0, 0.05) is 0 Å². The highest BCUT2D eigenvalue weighted by Crippen LogP contribution is 2.03. The summed E-state index contributed by atoms with van der Waals surface area (Å²) >= 11 is 0. The van der Waals surface area contributed by atoms with E-state index in [1.807, 2.05) is 6.08 Å².